The summed E-state index contributed by atoms with van der Waals surface area (Å²) in [5, 5.41) is 11.8. The van der Waals surface area contributed by atoms with Crippen LogP contribution in [0.2, 0.25) is 0 Å². The van der Waals surface area contributed by atoms with E-state index in [0.717, 1.165) is 154 Å². The van der Waals surface area contributed by atoms with Gasteiger partial charge in [-0.2, -0.15) is 0 Å². The van der Waals surface area contributed by atoms with Crippen molar-refractivity contribution in [3.8, 4) is 0 Å². The summed E-state index contributed by atoms with van der Waals surface area (Å²) in [6, 6.07) is 0. The molecular formula is C78H125NO8. The molecule has 2 unspecified atom stereocenters. The van der Waals surface area contributed by atoms with Crippen LogP contribution in [0.3, 0.4) is 0 Å². The van der Waals surface area contributed by atoms with E-state index in [4.69, 9.17) is 18.9 Å². The van der Waals surface area contributed by atoms with Gasteiger partial charge in [0.15, 0.2) is 12.4 Å². The molecule has 0 saturated carbocycles. The molecule has 87 heavy (non-hydrogen) atoms. The third-order valence-corrected chi connectivity index (χ3v) is 14.0. The molecule has 0 aromatic heterocycles. The molecule has 490 valence electrons. The highest BCUT2D eigenvalue weighted by Crippen LogP contribution is 2.15. The van der Waals surface area contributed by atoms with Crippen LogP contribution in [0, 0.1) is 0 Å². The first kappa shape index (κ1) is 81.7. The zero-order chi connectivity index (χ0) is 63.3. The van der Waals surface area contributed by atoms with Crippen molar-refractivity contribution in [3.63, 3.8) is 0 Å². The number of hydrogen-bond acceptors (Lipinski definition) is 8. The van der Waals surface area contributed by atoms with Crippen LogP contribution >= 0.6 is 0 Å². The Morgan fingerprint density at radius 1 is 0.345 bits per heavy atom. The number of carbonyl (C=O) groups excluding carboxylic acids is 3. The van der Waals surface area contributed by atoms with Gasteiger partial charge in [0, 0.05) is 12.8 Å². The molecular weight excluding hydrogens is 1080 g/mol. The summed E-state index contributed by atoms with van der Waals surface area (Å²) >= 11 is 0. The number of unbranched alkanes of at least 4 members (excludes halogenated alkanes) is 18. The number of likely N-dealkylation sites (N-methyl/N-ethyl adjacent to an activating group) is 1. The van der Waals surface area contributed by atoms with Gasteiger partial charge in [-0.25, -0.2) is 0 Å². The number of allylic oxidation sites excluding steroid dienone is 28. The molecule has 9 nitrogen and oxygen atoms in total. The Bertz CT molecular complexity index is 2030. The first-order chi connectivity index (χ1) is 42.6. The summed E-state index contributed by atoms with van der Waals surface area (Å²) in [5.41, 5.74) is 0. The molecule has 2 atom stereocenters. The number of quaternary nitrogens is 1. The van der Waals surface area contributed by atoms with Crippen LogP contribution in [0.1, 0.15) is 245 Å². The Morgan fingerprint density at radius 2 is 0.621 bits per heavy atom. The third-order valence-electron chi connectivity index (χ3n) is 14.0. The molecule has 0 aliphatic carbocycles. The van der Waals surface area contributed by atoms with Crippen molar-refractivity contribution in [3.05, 3.63) is 170 Å². The van der Waals surface area contributed by atoms with E-state index < -0.39 is 24.3 Å². The molecule has 0 heterocycles. The van der Waals surface area contributed by atoms with E-state index in [-0.39, 0.29) is 38.6 Å². The van der Waals surface area contributed by atoms with Crippen LogP contribution < -0.4 is 5.11 Å². The third kappa shape index (κ3) is 68.0. The van der Waals surface area contributed by atoms with Crippen LogP contribution in [0.25, 0.3) is 0 Å². The number of ether oxygens (including phenoxy) is 4. The number of rotatable bonds is 61. The lowest BCUT2D eigenvalue weighted by molar-refractivity contribution is -0.870. The molecule has 0 N–H and O–H groups in total. The maximum Gasteiger partial charge on any atom is 0.306 e. The molecule has 0 aliphatic rings. The second-order valence-corrected chi connectivity index (χ2v) is 23.3. The van der Waals surface area contributed by atoms with E-state index in [1.165, 1.54) is 57.8 Å². The van der Waals surface area contributed by atoms with Crippen molar-refractivity contribution in [1.82, 2.24) is 0 Å². The van der Waals surface area contributed by atoms with Crippen molar-refractivity contribution < 1.29 is 42.9 Å². The normalized spacial score (nSPS) is 13.8. The summed E-state index contributed by atoms with van der Waals surface area (Å²) in [4.78, 5) is 37.5. The molecule has 0 saturated heterocycles. The average molecular weight is 1200 g/mol. The standard InChI is InChI=1S/C78H125NO8/c1-6-8-10-12-14-16-18-20-22-24-26-28-30-32-34-36-38-40-42-44-46-48-50-52-54-56-58-60-62-64-66-68-75(80)85-72-74(73-86-78(77(82)83)84-71-70-79(3,4)5)87-76(81)69-67-65-63-61-59-57-55-53-51-49-47-45-43-41-39-37-35-33-31-29-27-25-23-21-19-17-15-13-11-9-7-2/h8-11,14-17,20-23,26-29,32-35,38-41,45,47,51,53,74,78H,6-7,12-13,18-19,24-25,30-31,36-37,42-44,46,48-50,52,54-73H2,1-5H3/b10-8-,11-9-,16-14-,17-15-,22-20-,23-21-,28-26-,29-27-,34-32-,35-33-,40-38-,41-39-,47-45-,53-51-. The first-order valence-electron chi connectivity index (χ1n) is 34.3. The summed E-state index contributed by atoms with van der Waals surface area (Å²) in [6.07, 6.45) is 97.0. The summed E-state index contributed by atoms with van der Waals surface area (Å²) in [6.45, 7) is 4.49. The smallest absolute Gasteiger partial charge is 0.306 e. The fraction of sp³-hybridized carbons (Fsp3) is 0.603. The Hall–Kier alpha value is -5.35. The van der Waals surface area contributed by atoms with E-state index in [1.807, 2.05) is 21.1 Å². The minimum atomic E-state index is -1.64. The predicted octanol–water partition coefficient (Wildman–Crippen LogP) is 20.1. The molecule has 0 amide bonds. The van der Waals surface area contributed by atoms with Crippen molar-refractivity contribution in [2.24, 2.45) is 0 Å². The van der Waals surface area contributed by atoms with Gasteiger partial charge in [-0.15, -0.1) is 0 Å². The second kappa shape index (κ2) is 66.6. The van der Waals surface area contributed by atoms with Gasteiger partial charge in [-0.3, -0.25) is 9.59 Å². The average Bonchev–Trinajstić information content (AvgIpc) is 3.56. The number of hydrogen-bond donors (Lipinski definition) is 0. The lowest BCUT2D eigenvalue weighted by atomic mass is 10.0. The van der Waals surface area contributed by atoms with Gasteiger partial charge in [-0.05, 0) is 128 Å². The van der Waals surface area contributed by atoms with Gasteiger partial charge in [0.05, 0.1) is 40.3 Å². The van der Waals surface area contributed by atoms with Gasteiger partial charge in [-0.1, -0.05) is 274 Å². The largest absolute Gasteiger partial charge is 0.545 e. The predicted molar refractivity (Wildman–Crippen MR) is 370 cm³/mol. The topological polar surface area (TPSA) is 111 Å². The van der Waals surface area contributed by atoms with E-state index in [1.54, 1.807) is 0 Å². The quantitative estimate of drug-likeness (QED) is 0.0195. The number of aliphatic carboxylic acids is 1. The van der Waals surface area contributed by atoms with Crippen LogP contribution in [0.4, 0.5) is 0 Å². The van der Waals surface area contributed by atoms with Crippen molar-refractivity contribution in [2.75, 3.05) is 47.5 Å². The second-order valence-electron chi connectivity index (χ2n) is 23.3. The zero-order valence-corrected chi connectivity index (χ0v) is 55.8. The first-order valence-corrected chi connectivity index (χ1v) is 34.3. The van der Waals surface area contributed by atoms with Crippen LogP contribution in [0.15, 0.2) is 170 Å². The van der Waals surface area contributed by atoms with Crippen LogP contribution in [-0.2, 0) is 33.3 Å². The Balaban J connectivity index is 4.24. The molecule has 0 aromatic carbocycles. The lowest BCUT2D eigenvalue weighted by Crippen LogP contribution is -2.44. The monoisotopic (exact) mass is 1200 g/mol. The summed E-state index contributed by atoms with van der Waals surface area (Å²) in [5.74, 6) is -2.32. The maximum atomic E-state index is 12.9. The van der Waals surface area contributed by atoms with E-state index in [2.05, 4.69) is 184 Å². The minimum absolute atomic E-state index is 0.135. The number of carboxylic acid groups (broad SMARTS) is 1. The Labute approximate surface area is 533 Å². The lowest BCUT2D eigenvalue weighted by Gasteiger charge is -2.26. The minimum Gasteiger partial charge on any atom is -0.545 e. The zero-order valence-electron chi connectivity index (χ0n) is 55.8. The molecule has 0 bridgehead atoms. The van der Waals surface area contributed by atoms with Gasteiger partial charge in [0.2, 0.25) is 0 Å². The van der Waals surface area contributed by atoms with E-state index in [0.29, 0.717) is 17.4 Å². The fourth-order valence-corrected chi connectivity index (χ4v) is 8.79. The molecule has 0 fully saturated rings. The van der Waals surface area contributed by atoms with Crippen molar-refractivity contribution in [1.29, 1.82) is 0 Å². The number of carbonyl (C=O) groups is 3. The summed E-state index contributed by atoms with van der Waals surface area (Å²) in [7, 11) is 5.91. The van der Waals surface area contributed by atoms with Crippen molar-refractivity contribution in [2.45, 2.75) is 257 Å². The number of carboxylic acids is 1. The molecule has 0 aromatic rings. The molecule has 9 heteroatoms. The highest BCUT2D eigenvalue weighted by molar-refractivity contribution is 5.70. The highest BCUT2D eigenvalue weighted by Gasteiger charge is 2.22. The number of nitrogens with zero attached hydrogens (tertiary/aromatic N) is 1. The van der Waals surface area contributed by atoms with Crippen LogP contribution in [0.5, 0.6) is 0 Å². The molecule has 0 aliphatic heterocycles. The summed E-state index contributed by atoms with van der Waals surface area (Å²) < 4.78 is 22.8. The van der Waals surface area contributed by atoms with E-state index in [9.17, 15) is 19.5 Å². The van der Waals surface area contributed by atoms with Gasteiger partial charge >= 0.3 is 11.9 Å². The van der Waals surface area contributed by atoms with Gasteiger partial charge in [0.1, 0.15) is 13.2 Å². The van der Waals surface area contributed by atoms with Gasteiger partial charge in [0.25, 0.3) is 0 Å². The molecule has 0 spiro atoms. The van der Waals surface area contributed by atoms with Crippen LogP contribution in [-0.4, -0.2) is 82.3 Å². The number of esters is 2. The molecule has 0 radical (unpaired) electrons. The maximum absolute atomic E-state index is 12.9. The van der Waals surface area contributed by atoms with E-state index >= 15 is 0 Å². The fourth-order valence-electron chi connectivity index (χ4n) is 8.79. The van der Waals surface area contributed by atoms with Gasteiger partial charge < -0.3 is 33.3 Å². The Kier molecular flexibility index (Phi) is 62.5. The Morgan fingerprint density at radius 3 is 0.920 bits per heavy atom. The molecule has 0 rings (SSSR count). The van der Waals surface area contributed by atoms with Crippen molar-refractivity contribution >= 4 is 17.9 Å². The SMILES string of the molecule is CC/C=C\C/C=C\C/C=C\C/C=C\C/C=C\C/C=C\C/C=C\C/C=C\CCCCCCCCC(=O)OC(COC(=O)CCCCCCCCCCCCCC/C=C\C/C=C\C/C=C\C/C=C\C/C=C\C/C=C\CC)COC(OCC[N+](C)(C)C)C(=O)[O-]. The highest BCUT2D eigenvalue weighted by atomic mass is 16.7.